The van der Waals surface area contributed by atoms with E-state index in [0.29, 0.717) is 31.7 Å². The fourth-order valence-electron chi connectivity index (χ4n) is 1.92. The predicted octanol–water partition coefficient (Wildman–Crippen LogP) is 1.30. The molecule has 1 N–H and O–H groups in total. The summed E-state index contributed by atoms with van der Waals surface area (Å²) in [5.41, 5.74) is 1.68. The monoisotopic (exact) mass is 234 g/mol. The van der Waals surface area contributed by atoms with Crippen LogP contribution >= 0.6 is 0 Å². The average molecular weight is 234 g/mol. The van der Waals surface area contributed by atoms with Gasteiger partial charge in [0.1, 0.15) is 6.29 Å². The van der Waals surface area contributed by atoms with Gasteiger partial charge in [0, 0.05) is 37.4 Å². The highest BCUT2D eigenvalue weighted by Gasteiger charge is 2.20. The van der Waals surface area contributed by atoms with Crippen LogP contribution in [0.5, 0.6) is 0 Å². The third-order valence-corrected chi connectivity index (χ3v) is 2.94. The maximum absolute atomic E-state index is 10.7. The van der Waals surface area contributed by atoms with Crippen LogP contribution in [0.25, 0.3) is 0 Å². The number of aldehydes is 1. The van der Waals surface area contributed by atoms with Crippen molar-refractivity contribution in [3.63, 3.8) is 0 Å². The lowest BCUT2D eigenvalue weighted by Crippen LogP contribution is -2.48. The van der Waals surface area contributed by atoms with E-state index < -0.39 is 6.09 Å². The molecule has 0 aliphatic carbocycles. The molecule has 0 radical (unpaired) electrons. The molecule has 1 amide bonds. The van der Waals surface area contributed by atoms with Gasteiger partial charge in [-0.1, -0.05) is 0 Å². The Bertz CT molecular complexity index is 408. The number of carbonyl (C=O) groups excluding carboxylic acids is 1. The minimum Gasteiger partial charge on any atom is -0.465 e. The van der Waals surface area contributed by atoms with Crippen LogP contribution in [0.4, 0.5) is 10.5 Å². The van der Waals surface area contributed by atoms with Gasteiger partial charge in [-0.05, 0) is 24.3 Å². The van der Waals surface area contributed by atoms with Crippen molar-refractivity contribution in [3.05, 3.63) is 29.8 Å². The Morgan fingerprint density at radius 3 is 2.18 bits per heavy atom. The predicted molar refractivity (Wildman–Crippen MR) is 63.6 cm³/mol. The van der Waals surface area contributed by atoms with Crippen LogP contribution in [0.1, 0.15) is 10.4 Å². The third kappa shape index (κ3) is 2.55. The number of anilines is 1. The summed E-state index contributed by atoms with van der Waals surface area (Å²) in [5, 5.41) is 8.83. The van der Waals surface area contributed by atoms with E-state index in [0.717, 1.165) is 12.0 Å². The molecule has 90 valence electrons. The average Bonchev–Trinajstić information content (AvgIpc) is 2.39. The highest BCUT2D eigenvalue weighted by molar-refractivity contribution is 5.75. The lowest BCUT2D eigenvalue weighted by atomic mass is 10.2. The number of piperazine rings is 1. The van der Waals surface area contributed by atoms with Crippen LogP contribution in [0.3, 0.4) is 0 Å². The van der Waals surface area contributed by atoms with Crippen LogP contribution in [-0.2, 0) is 0 Å². The van der Waals surface area contributed by atoms with E-state index in [1.807, 2.05) is 12.1 Å². The molecule has 5 heteroatoms. The lowest BCUT2D eigenvalue weighted by Gasteiger charge is -2.34. The van der Waals surface area contributed by atoms with E-state index in [1.165, 1.54) is 4.90 Å². The van der Waals surface area contributed by atoms with Gasteiger partial charge in [0.15, 0.2) is 0 Å². The van der Waals surface area contributed by atoms with Crippen molar-refractivity contribution < 1.29 is 14.7 Å². The van der Waals surface area contributed by atoms with E-state index in [2.05, 4.69) is 4.90 Å². The van der Waals surface area contributed by atoms with Crippen LogP contribution in [0.2, 0.25) is 0 Å². The van der Waals surface area contributed by atoms with E-state index in [-0.39, 0.29) is 0 Å². The number of carboxylic acid groups (broad SMARTS) is 1. The summed E-state index contributed by atoms with van der Waals surface area (Å²) in [6.45, 7) is 2.41. The summed E-state index contributed by atoms with van der Waals surface area (Å²) in [6, 6.07) is 7.32. The van der Waals surface area contributed by atoms with Gasteiger partial charge in [-0.25, -0.2) is 4.79 Å². The molecule has 1 aliphatic rings. The Labute approximate surface area is 99.3 Å². The zero-order chi connectivity index (χ0) is 12.3. The molecular formula is C12H14N2O3. The minimum atomic E-state index is -0.860. The molecule has 0 spiro atoms. The molecule has 1 aromatic carbocycles. The van der Waals surface area contributed by atoms with Gasteiger partial charge >= 0.3 is 6.09 Å². The van der Waals surface area contributed by atoms with Crippen LogP contribution in [0, 0.1) is 0 Å². The molecule has 5 nitrogen and oxygen atoms in total. The van der Waals surface area contributed by atoms with Gasteiger partial charge in [0.25, 0.3) is 0 Å². The van der Waals surface area contributed by atoms with Crippen LogP contribution in [0.15, 0.2) is 24.3 Å². The Hall–Kier alpha value is -2.04. The zero-order valence-electron chi connectivity index (χ0n) is 9.37. The van der Waals surface area contributed by atoms with Crippen molar-refractivity contribution in [3.8, 4) is 0 Å². The molecule has 1 saturated heterocycles. The first kappa shape index (κ1) is 11.4. The Morgan fingerprint density at radius 2 is 1.71 bits per heavy atom. The summed E-state index contributed by atoms with van der Waals surface area (Å²) in [4.78, 5) is 24.8. The third-order valence-electron chi connectivity index (χ3n) is 2.94. The number of hydrogen-bond donors (Lipinski definition) is 1. The molecule has 1 aliphatic heterocycles. The number of hydrogen-bond acceptors (Lipinski definition) is 3. The summed E-state index contributed by atoms with van der Waals surface area (Å²) < 4.78 is 0. The van der Waals surface area contributed by atoms with Crippen molar-refractivity contribution in [2.75, 3.05) is 31.1 Å². The van der Waals surface area contributed by atoms with E-state index in [4.69, 9.17) is 5.11 Å². The first-order chi connectivity index (χ1) is 8.20. The minimum absolute atomic E-state index is 0.519. The van der Waals surface area contributed by atoms with E-state index >= 15 is 0 Å². The summed E-state index contributed by atoms with van der Waals surface area (Å²) >= 11 is 0. The fraction of sp³-hybridized carbons (Fsp3) is 0.333. The first-order valence-corrected chi connectivity index (χ1v) is 5.49. The molecule has 0 unspecified atom stereocenters. The number of benzene rings is 1. The molecule has 1 aromatic rings. The van der Waals surface area contributed by atoms with Crippen molar-refractivity contribution >= 4 is 18.1 Å². The number of rotatable bonds is 2. The van der Waals surface area contributed by atoms with Gasteiger partial charge < -0.3 is 14.9 Å². The number of carbonyl (C=O) groups is 2. The Morgan fingerprint density at radius 1 is 1.12 bits per heavy atom. The molecule has 2 rings (SSSR count). The molecule has 0 saturated carbocycles. The second-order valence-electron chi connectivity index (χ2n) is 3.97. The van der Waals surface area contributed by atoms with E-state index in [1.54, 1.807) is 12.1 Å². The smallest absolute Gasteiger partial charge is 0.407 e. The largest absolute Gasteiger partial charge is 0.465 e. The van der Waals surface area contributed by atoms with Crippen molar-refractivity contribution in [2.45, 2.75) is 0 Å². The second kappa shape index (κ2) is 4.86. The molecule has 1 fully saturated rings. The summed E-state index contributed by atoms with van der Waals surface area (Å²) in [5.74, 6) is 0. The van der Waals surface area contributed by atoms with E-state index in [9.17, 15) is 9.59 Å². The molecule has 0 bridgehead atoms. The number of nitrogens with zero attached hydrogens (tertiary/aromatic N) is 2. The van der Waals surface area contributed by atoms with Gasteiger partial charge in [-0.3, -0.25) is 4.79 Å². The molecule has 1 heterocycles. The second-order valence-corrected chi connectivity index (χ2v) is 3.97. The summed E-state index contributed by atoms with van der Waals surface area (Å²) in [7, 11) is 0. The fourth-order valence-corrected chi connectivity index (χ4v) is 1.92. The zero-order valence-corrected chi connectivity index (χ0v) is 9.37. The molecule has 0 aromatic heterocycles. The highest BCUT2D eigenvalue weighted by Crippen LogP contribution is 2.16. The molecule has 17 heavy (non-hydrogen) atoms. The lowest BCUT2D eigenvalue weighted by molar-refractivity contribution is 0.112. The quantitative estimate of drug-likeness (QED) is 0.783. The Kier molecular flexibility index (Phi) is 3.27. The highest BCUT2D eigenvalue weighted by atomic mass is 16.4. The van der Waals surface area contributed by atoms with Crippen molar-refractivity contribution in [1.82, 2.24) is 4.90 Å². The van der Waals surface area contributed by atoms with Gasteiger partial charge in [0.2, 0.25) is 0 Å². The maximum Gasteiger partial charge on any atom is 0.407 e. The van der Waals surface area contributed by atoms with Crippen molar-refractivity contribution in [1.29, 1.82) is 0 Å². The maximum atomic E-state index is 10.7. The summed E-state index contributed by atoms with van der Waals surface area (Å²) in [6.07, 6.45) is -0.0486. The van der Waals surface area contributed by atoms with Crippen LogP contribution in [-0.4, -0.2) is 48.6 Å². The molecule has 0 atom stereocenters. The SMILES string of the molecule is O=Cc1ccc(N2CCN(C(=O)O)CC2)cc1. The van der Waals surface area contributed by atoms with Gasteiger partial charge in [0.05, 0.1) is 0 Å². The van der Waals surface area contributed by atoms with Gasteiger partial charge in [-0.2, -0.15) is 0 Å². The van der Waals surface area contributed by atoms with Gasteiger partial charge in [-0.15, -0.1) is 0 Å². The van der Waals surface area contributed by atoms with Crippen LogP contribution < -0.4 is 4.90 Å². The topological polar surface area (TPSA) is 60.9 Å². The first-order valence-electron chi connectivity index (χ1n) is 5.49. The number of amides is 1. The standard InChI is InChI=1S/C12H14N2O3/c15-9-10-1-3-11(4-2-10)13-5-7-14(8-6-13)12(16)17/h1-4,9H,5-8H2,(H,16,17). The normalized spacial score (nSPS) is 15.8. The Balaban J connectivity index is 2.00. The molecular weight excluding hydrogens is 220 g/mol. The van der Waals surface area contributed by atoms with Crippen molar-refractivity contribution in [2.24, 2.45) is 0 Å².